The minimum Gasteiger partial charge on any atom is -0.248 e. The van der Waals surface area contributed by atoms with Crippen molar-refractivity contribution in [1.29, 1.82) is 0 Å². The van der Waals surface area contributed by atoms with Crippen LogP contribution < -0.4 is 0 Å². The van der Waals surface area contributed by atoms with Crippen LogP contribution in [0.5, 0.6) is 0 Å². The molecule has 0 aliphatic rings. The molecule has 7 aromatic carbocycles. The van der Waals surface area contributed by atoms with Gasteiger partial charge in [0.25, 0.3) is 0 Å². The molecule has 49 heavy (non-hydrogen) atoms. The molecule has 0 unspecified atom stereocenters. The highest BCUT2D eigenvalue weighted by molar-refractivity contribution is 7.26. The van der Waals surface area contributed by atoms with Crippen LogP contribution in [-0.4, -0.2) is 19.9 Å². The maximum Gasteiger partial charge on any atom is 0.164 e. The normalized spacial score (nSPS) is 11.7. The summed E-state index contributed by atoms with van der Waals surface area (Å²) in [6.45, 7) is 0. The number of aromatic nitrogens is 4. The molecule has 228 valence electrons. The largest absolute Gasteiger partial charge is 0.248 e. The molecule has 3 aromatic heterocycles. The molecule has 0 bridgehead atoms. The highest BCUT2D eigenvalue weighted by atomic mass is 32.1. The summed E-state index contributed by atoms with van der Waals surface area (Å²) >= 11 is 1.86. The summed E-state index contributed by atoms with van der Waals surface area (Å²) in [7, 11) is 0. The van der Waals surface area contributed by atoms with Gasteiger partial charge in [-0.05, 0) is 45.8 Å². The molecule has 4 nitrogen and oxygen atoms in total. The van der Waals surface area contributed by atoms with E-state index in [4.69, 9.17) is 19.9 Å². The third-order valence-electron chi connectivity index (χ3n) is 9.29. The summed E-state index contributed by atoms with van der Waals surface area (Å²) in [5.41, 5.74) is 6.82. The average Bonchev–Trinajstić information content (AvgIpc) is 3.58. The smallest absolute Gasteiger partial charge is 0.164 e. The van der Waals surface area contributed by atoms with Gasteiger partial charge in [0.15, 0.2) is 17.5 Å². The minimum absolute atomic E-state index is 0.624. The third-order valence-corrected chi connectivity index (χ3v) is 10.5. The Kier molecular flexibility index (Phi) is 6.32. The summed E-state index contributed by atoms with van der Waals surface area (Å²) in [5, 5.41) is 7.89. The number of nitrogens with zero attached hydrogens (tertiary/aromatic N) is 4. The summed E-state index contributed by atoms with van der Waals surface area (Å²) in [5.74, 6) is 1.91. The van der Waals surface area contributed by atoms with Crippen LogP contribution in [0.3, 0.4) is 0 Å². The third kappa shape index (κ3) is 4.59. The van der Waals surface area contributed by atoms with Crippen molar-refractivity contribution in [2.75, 3.05) is 0 Å². The standard InChI is InChI=1S/C44H26N4S/c1-3-12-27(13-4-1)42-46-43(28-14-5-2-6-15-28)48-44(47-42)30-17-9-16-29(26-30)36-21-11-22-37(45-36)35-25-24-34-32-19-8-7-18-31(32)33-20-10-23-38-39(33)40(34)41(35)49-38/h1-26H. The molecule has 0 radical (unpaired) electrons. The second-order valence-corrected chi connectivity index (χ2v) is 13.3. The van der Waals surface area contributed by atoms with Crippen molar-refractivity contribution in [2.24, 2.45) is 0 Å². The number of hydrogen-bond acceptors (Lipinski definition) is 5. The van der Waals surface area contributed by atoms with Crippen LogP contribution >= 0.6 is 11.3 Å². The first-order valence-electron chi connectivity index (χ1n) is 16.3. The van der Waals surface area contributed by atoms with Crippen LogP contribution in [0.4, 0.5) is 0 Å². The zero-order chi connectivity index (χ0) is 32.3. The SMILES string of the molecule is c1ccc(-c2nc(-c3ccccc3)nc(-c3cccc(-c4cccc(-c5ccc6c7ccccc7c7cccc8sc5c6c87)n4)c3)n2)cc1. The number of rotatable bonds is 5. The predicted molar refractivity (Wildman–Crippen MR) is 204 cm³/mol. The molecule has 0 fully saturated rings. The molecule has 0 aliphatic heterocycles. The lowest BCUT2D eigenvalue weighted by atomic mass is 9.93. The van der Waals surface area contributed by atoms with Crippen molar-refractivity contribution in [3.63, 3.8) is 0 Å². The summed E-state index contributed by atoms with van der Waals surface area (Å²) in [6, 6.07) is 54.7. The lowest BCUT2D eigenvalue weighted by Crippen LogP contribution is -2.00. The first kappa shape index (κ1) is 27.8. The molecule has 0 aliphatic carbocycles. The highest BCUT2D eigenvalue weighted by Gasteiger charge is 2.19. The zero-order valence-corrected chi connectivity index (χ0v) is 27.0. The zero-order valence-electron chi connectivity index (χ0n) is 26.2. The highest BCUT2D eigenvalue weighted by Crippen LogP contribution is 2.48. The van der Waals surface area contributed by atoms with E-state index in [0.29, 0.717) is 17.5 Å². The predicted octanol–water partition coefficient (Wildman–Crippen LogP) is 11.7. The van der Waals surface area contributed by atoms with E-state index >= 15 is 0 Å². The van der Waals surface area contributed by atoms with Gasteiger partial charge in [-0.1, -0.05) is 133 Å². The van der Waals surface area contributed by atoms with Gasteiger partial charge in [-0.25, -0.2) is 19.9 Å². The van der Waals surface area contributed by atoms with Crippen LogP contribution in [0.25, 0.3) is 98.4 Å². The van der Waals surface area contributed by atoms with E-state index in [1.807, 2.05) is 72.0 Å². The van der Waals surface area contributed by atoms with E-state index in [-0.39, 0.29) is 0 Å². The van der Waals surface area contributed by atoms with Gasteiger partial charge in [0.05, 0.1) is 11.4 Å². The Morgan fingerprint density at radius 3 is 1.59 bits per heavy atom. The lowest BCUT2D eigenvalue weighted by molar-refractivity contribution is 1.07. The maximum absolute atomic E-state index is 5.27. The van der Waals surface area contributed by atoms with Crippen LogP contribution in [0.2, 0.25) is 0 Å². The summed E-state index contributed by atoms with van der Waals surface area (Å²) in [6.07, 6.45) is 0. The first-order valence-corrected chi connectivity index (χ1v) is 17.1. The van der Waals surface area contributed by atoms with Crippen LogP contribution in [0, 0.1) is 0 Å². The van der Waals surface area contributed by atoms with Gasteiger partial charge in [-0.2, -0.15) is 0 Å². The van der Waals surface area contributed by atoms with E-state index in [1.54, 1.807) is 0 Å². The Morgan fingerprint density at radius 1 is 0.347 bits per heavy atom. The van der Waals surface area contributed by atoms with Crippen molar-refractivity contribution in [3.05, 3.63) is 158 Å². The second kappa shape index (κ2) is 11.2. The Labute approximate surface area is 286 Å². The fourth-order valence-corrected chi connectivity index (χ4v) is 8.30. The van der Waals surface area contributed by atoms with E-state index in [1.165, 1.54) is 41.7 Å². The Bertz CT molecular complexity index is 2770. The van der Waals surface area contributed by atoms with E-state index in [2.05, 4.69) is 97.1 Å². The van der Waals surface area contributed by atoms with Crippen molar-refractivity contribution >= 4 is 53.1 Å². The molecule has 0 spiro atoms. The number of benzene rings is 7. The monoisotopic (exact) mass is 642 g/mol. The van der Waals surface area contributed by atoms with E-state index in [9.17, 15) is 0 Å². The Balaban J connectivity index is 1.10. The molecular formula is C44H26N4S. The van der Waals surface area contributed by atoms with Gasteiger partial charge >= 0.3 is 0 Å². The van der Waals surface area contributed by atoms with Crippen molar-refractivity contribution in [2.45, 2.75) is 0 Å². The molecule has 3 heterocycles. The molecular weight excluding hydrogens is 617 g/mol. The second-order valence-electron chi connectivity index (χ2n) is 12.2. The molecule has 10 rings (SSSR count). The average molecular weight is 643 g/mol. The maximum atomic E-state index is 5.27. The molecule has 0 N–H and O–H groups in total. The molecule has 0 saturated heterocycles. The number of hydrogen-bond donors (Lipinski definition) is 0. The lowest BCUT2D eigenvalue weighted by Gasteiger charge is -2.12. The van der Waals surface area contributed by atoms with Gasteiger partial charge in [0.2, 0.25) is 0 Å². The van der Waals surface area contributed by atoms with Crippen LogP contribution in [-0.2, 0) is 0 Å². The molecule has 0 amide bonds. The molecule has 0 atom stereocenters. The van der Waals surface area contributed by atoms with Crippen LogP contribution in [0.1, 0.15) is 0 Å². The topological polar surface area (TPSA) is 51.6 Å². The van der Waals surface area contributed by atoms with Gasteiger partial charge in [-0.3, -0.25) is 0 Å². The molecule has 10 aromatic rings. The fourth-order valence-electron chi connectivity index (χ4n) is 7.03. The summed E-state index contributed by atoms with van der Waals surface area (Å²) < 4.78 is 2.58. The summed E-state index contributed by atoms with van der Waals surface area (Å²) in [4.78, 5) is 20.0. The first-order chi connectivity index (χ1) is 24.3. The quantitative estimate of drug-likeness (QED) is 0.175. The van der Waals surface area contributed by atoms with Crippen molar-refractivity contribution in [3.8, 4) is 56.7 Å². The van der Waals surface area contributed by atoms with Gasteiger partial charge in [0.1, 0.15) is 0 Å². The van der Waals surface area contributed by atoms with Gasteiger partial charge in [0, 0.05) is 48.0 Å². The number of fused-ring (bicyclic) bond motifs is 3. The van der Waals surface area contributed by atoms with Crippen LogP contribution in [0.15, 0.2) is 158 Å². The molecule has 0 saturated carbocycles. The van der Waals surface area contributed by atoms with E-state index < -0.39 is 0 Å². The Morgan fingerprint density at radius 2 is 0.878 bits per heavy atom. The van der Waals surface area contributed by atoms with Crippen molar-refractivity contribution < 1.29 is 0 Å². The fraction of sp³-hybridized carbons (Fsp3) is 0. The number of thiophene rings is 1. The molecule has 5 heteroatoms. The number of pyridine rings is 1. The Hall–Kier alpha value is -6.30. The minimum atomic E-state index is 0.624. The van der Waals surface area contributed by atoms with Crippen molar-refractivity contribution in [1.82, 2.24) is 19.9 Å². The van der Waals surface area contributed by atoms with E-state index in [0.717, 1.165) is 39.2 Å². The van der Waals surface area contributed by atoms with Gasteiger partial charge in [-0.15, -0.1) is 11.3 Å². The van der Waals surface area contributed by atoms with Gasteiger partial charge < -0.3 is 0 Å².